The largest absolute Gasteiger partial charge is 0.275 e. The first-order valence-corrected chi connectivity index (χ1v) is 6.39. The fourth-order valence-corrected chi connectivity index (χ4v) is 2.42. The molecule has 4 aromatic heterocycles. The van der Waals surface area contributed by atoms with Crippen molar-refractivity contribution in [3.8, 4) is 11.4 Å². The van der Waals surface area contributed by atoms with E-state index in [1.807, 2.05) is 31.4 Å². The second-order valence-corrected chi connectivity index (χ2v) is 4.87. The Hall–Kier alpha value is -2.47. The Kier molecular flexibility index (Phi) is 2.28. The molecule has 0 radical (unpaired) electrons. The molecule has 0 aliphatic carbocycles. The van der Waals surface area contributed by atoms with Crippen LogP contribution in [0.4, 0.5) is 0 Å². The summed E-state index contributed by atoms with van der Waals surface area (Å²) in [6.07, 6.45) is 5.31. The maximum atomic E-state index is 6.25. The summed E-state index contributed by atoms with van der Waals surface area (Å²) < 4.78 is 3.30. The smallest absolute Gasteiger partial charge is 0.185 e. The molecule has 0 atom stereocenters. The molecule has 0 unspecified atom stereocenters. The van der Waals surface area contributed by atoms with E-state index in [1.165, 1.54) is 0 Å². The van der Waals surface area contributed by atoms with Gasteiger partial charge in [0.1, 0.15) is 10.7 Å². The number of rotatable bonds is 1. The Labute approximate surface area is 118 Å². The Morgan fingerprint density at radius 1 is 1.30 bits per heavy atom. The van der Waals surface area contributed by atoms with Crippen LogP contribution in [-0.4, -0.2) is 29.4 Å². The Balaban J connectivity index is 2.07. The predicted molar refractivity (Wildman–Crippen MR) is 75.5 cm³/mol. The highest BCUT2D eigenvalue weighted by atomic mass is 35.5. The molecule has 4 heterocycles. The van der Waals surface area contributed by atoms with Gasteiger partial charge in [0.15, 0.2) is 11.5 Å². The second kappa shape index (κ2) is 4.01. The molecule has 0 bridgehead atoms. The van der Waals surface area contributed by atoms with E-state index in [0.29, 0.717) is 16.6 Å². The summed E-state index contributed by atoms with van der Waals surface area (Å²) in [5.41, 5.74) is 2.27. The number of aryl methyl sites for hydroxylation is 1. The molecule has 20 heavy (non-hydrogen) atoms. The molecule has 4 rings (SSSR count). The molecule has 0 aromatic carbocycles. The molecular weight excluding hydrogens is 276 g/mol. The van der Waals surface area contributed by atoms with Crippen LogP contribution in [0.3, 0.4) is 0 Å². The highest BCUT2D eigenvalue weighted by Gasteiger charge is 2.13. The molecule has 0 saturated carbocycles. The van der Waals surface area contributed by atoms with Crippen molar-refractivity contribution in [3.63, 3.8) is 0 Å². The van der Waals surface area contributed by atoms with Gasteiger partial charge < -0.3 is 0 Å². The molecular formula is C13H9ClN6. The highest BCUT2D eigenvalue weighted by Crippen LogP contribution is 2.24. The van der Waals surface area contributed by atoms with Crippen LogP contribution in [-0.2, 0) is 7.05 Å². The summed E-state index contributed by atoms with van der Waals surface area (Å²) in [6.45, 7) is 0. The number of halogens is 1. The topological polar surface area (TPSA) is 60.9 Å². The third kappa shape index (κ3) is 1.58. The lowest BCUT2D eigenvalue weighted by molar-refractivity contribution is 0.768. The standard InChI is InChI=1S/C13H9ClN6/c1-19-7-9(6-16-19)12-17-13-11-8(3-2-4-15-11)5-10(14)20(13)18-12/h2-7H,1H3. The minimum absolute atomic E-state index is 0.503. The van der Waals surface area contributed by atoms with Gasteiger partial charge in [-0.05, 0) is 12.1 Å². The van der Waals surface area contributed by atoms with Crippen LogP contribution < -0.4 is 0 Å². The molecule has 6 nitrogen and oxygen atoms in total. The molecule has 7 heteroatoms. The van der Waals surface area contributed by atoms with Crippen molar-refractivity contribution in [2.75, 3.05) is 0 Å². The lowest BCUT2D eigenvalue weighted by atomic mass is 10.2. The average Bonchev–Trinajstić information content (AvgIpc) is 3.05. The zero-order valence-electron chi connectivity index (χ0n) is 10.5. The van der Waals surface area contributed by atoms with E-state index in [4.69, 9.17) is 11.6 Å². The summed E-state index contributed by atoms with van der Waals surface area (Å²) in [5, 5.41) is 10.00. The van der Waals surface area contributed by atoms with Gasteiger partial charge in [-0.15, -0.1) is 5.10 Å². The molecule has 0 spiro atoms. The van der Waals surface area contributed by atoms with Crippen molar-refractivity contribution in [2.45, 2.75) is 0 Å². The molecule has 0 saturated heterocycles. The summed E-state index contributed by atoms with van der Waals surface area (Å²) in [7, 11) is 1.85. The highest BCUT2D eigenvalue weighted by molar-refractivity contribution is 6.30. The first kappa shape index (κ1) is 11.4. The van der Waals surface area contributed by atoms with E-state index in [-0.39, 0.29) is 0 Å². The molecule has 0 aliphatic heterocycles. The van der Waals surface area contributed by atoms with Crippen LogP contribution in [0.15, 0.2) is 36.8 Å². The van der Waals surface area contributed by atoms with E-state index in [1.54, 1.807) is 21.6 Å². The van der Waals surface area contributed by atoms with Crippen molar-refractivity contribution < 1.29 is 0 Å². The quantitative estimate of drug-likeness (QED) is 0.503. The van der Waals surface area contributed by atoms with Gasteiger partial charge in [0, 0.05) is 24.8 Å². The van der Waals surface area contributed by atoms with Crippen LogP contribution >= 0.6 is 11.6 Å². The van der Waals surface area contributed by atoms with Crippen molar-refractivity contribution in [1.29, 1.82) is 0 Å². The molecule has 4 aromatic rings. The Morgan fingerprint density at radius 3 is 3.00 bits per heavy atom. The first-order valence-electron chi connectivity index (χ1n) is 6.01. The van der Waals surface area contributed by atoms with E-state index in [2.05, 4.69) is 20.2 Å². The zero-order chi connectivity index (χ0) is 13.7. The molecule has 98 valence electrons. The summed E-state index contributed by atoms with van der Waals surface area (Å²) in [4.78, 5) is 8.90. The van der Waals surface area contributed by atoms with Crippen molar-refractivity contribution in [3.05, 3.63) is 41.9 Å². The van der Waals surface area contributed by atoms with E-state index >= 15 is 0 Å². The molecule has 0 fully saturated rings. The van der Waals surface area contributed by atoms with Crippen molar-refractivity contribution in [2.24, 2.45) is 7.05 Å². The van der Waals surface area contributed by atoms with Gasteiger partial charge in [-0.2, -0.15) is 9.61 Å². The van der Waals surface area contributed by atoms with Crippen LogP contribution in [0.5, 0.6) is 0 Å². The minimum Gasteiger partial charge on any atom is -0.275 e. The summed E-state index contributed by atoms with van der Waals surface area (Å²) in [5.74, 6) is 0.582. The summed E-state index contributed by atoms with van der Waals surface area (Å²) >= 11 is 6.25. The fraction of sp³-hybridized carbons (Fsp3) is 0.0769. The first-order chi connectivity index (χ1) is 9.72. The monoisotopic (exact) mass is 284 g/mol. The summed E-state index contributed by atoms with van der Waals surface area (Å²) in [6, 6.07) is 5.65. The SMILES string of the molecule is Cn1cc(-c2nc3c4ncccc4cc(Cl)n3n2)cn1. The zero-order valence-corrected chi connectivity index (χ0v) is 11.3. The lowest BCUT2D eigenvalue weighted by Crippen LogP contribution is -1.92. The Morgan fingerprint density at radius 2 is 2.20 bits per heavy atom. The number of aromatic nitrogens is 6. The van der Waals surface area contributed by atoms with E-state index in [9.17, 15) is 0 Å². The van der Waals surface area contributed by atoms with Crippen LogP contribution in [0.25, 0.3) is 27.9 Å². The van der Waals surface area contributed by atoms with Crippen LogP contribution in [0.1, 0.15) is 0 Å². The number of pyridine rings is 2. The lowest BCUT2D eigenvalue weighted by Gasteiger charge is -1.99. The maximum Gasteiger partial charge on any atom is 0.185 e. The van der Waals surface area contributed by atoms with Crippen LogP contribution in [0.2, 0.25) is 5.15 Å². The van der Waals surface area contributed by atoms with Gasteiger partial charge in [0.25, 0.3) is 0 Å². The van der Waals surface area contributed by atoms with Gasteiger partial charge in [-0.1, -0.05) is 17.7 Å². The molecule has 0 N–H and O–H groups in total. The fourth-order valence-electron chi connectivity index (χ4n) is 2.18. The minimum atomic E-state index is 0.503. The predicted octanol–water partition coefficient (Wildman–Crippen LogP) is 2.33. The van der Waals surface area contributed by atoms with Crippen LogP contribution in [0, 0.1) is 0 Å². The second-order valence-electron chi connectivity index (χ2n) is 4.48. The van der Waals surface area contributed by atoms with Gasteiger partial charge in [0.05, 0.1) is 11.8 Å². The normalized spacial score (nSPS) is 11.5. The van der Waals surface area contributed by atoms with Gasteiger partial charge in [-0.3, -0.25) is 9.67 Å². The Bertz CT molecular complexity index is 938. The van der Waals surface area contributed by atoms with Crippen molar-refractivity contribution in [1.82, 2.24) is 29.4 Å². The van der Waals surface area contributed by atoms with Crippen molar-refractivity contribution >= 4 is 28.2 Å². The van der Waals surface area contributed by atoms with E-state index in [0.717, 1.165) is 16.5 Å². The third-order valence-corrected chi connectivity index (χ3v) is 3.37. The van der Waals surface area contributed by atoms with Gasteiger partial charge in [-0.25, -0.2) is 4.98 Å². The number of hydrogen-bond donors (Lipinski definition) is 0. The van der Waals surface area contributed by atoms with Gasteiger partial charge >= 0.3 is 0 Å². The van der Waals surface area contributed by atoms with Gasteiger partial charge in [0.2, 0.25) is 0 Å². The molecule has 0 amide bonds. The average molecular weight is 285 g/mol. The number of fused-ring (bicyclic) bond motifs is 3. The maximum absolute atomic E-state index is 6.25. The number of hydrogen-bond acceptors (Lipinski definition) is 4. The molecule has 0 aliphatic rings. The third-order valence-electron chi connectivity index (χ3n) is 3.10. The van der Waals surface area contributed by atoms with E-state index < -0.39 is 0 Å². The number of nitrogens with zero attached hydrogens (tertiary/aromatic N) is 6.